The SMILES string of the molecule is CCCn1c(C)c(CC)c2cc(N(C)C)ccc21. The van der Waals surface area contributed by atoms with E-state index in [-0.39, 0.29) is 0 Å². The first kappa shape index (κ1) is 13.0. The fourth-order valence-electron chi connectivity index (χ4n) is 2.78. The summed E-state index contributed by atoms with van der Waals surface area (Å²) >= 11 is 0. The summed E-state index contributed by atoms with van der Waals surface area (Å²) in [4.78, 5) is 2.17. The maximum Gasteiger partial charge on any atom is 0.0486 e. The summed E-state index contributed by atoms with van der Waals surface area (Å²) in [7, 11) is 4.20. The third-order valence-corrected chi connectivity index (χ3v) is 3.75. The Morgan fingerprint density at radius 1 is 1.17 bits per heavy atom. The Morgan fingerprint density at radius 2 is 1.89 bits per heavy atom. The van der Waals surface area contributed by atoms with Crippen LogP contribution in [0.15, 0.2) is 18.2 Å². The van der Waals surface area contributed by atoms with Crippen LogP contribution in [0.5, 0.6) is 0 Å². The van der Waals surface area contributed by atoms with Crippen LogP contribution in [0, 0.1) is 6.92 Å². The summed E-state index contributed by atoms with van der Waals surface area (Å²) in [5.74, 6) is 0. The topological polar surface area (TPSA) is 8.17 Å². The molecule has 0 radical (unpaired) electrons. The van der Waals surface area contributed by atoms with Gasteiger partial charge in [-0.3, -0.25) is 0 Å². The number of aromatic nitrogens is 1. The van der Waals surface area contributed by atoms with Gasteiger partial charge in [-0.1, -0.05) is 13.8 Å². The molecule has 0 bridgehead atoms. The smallest absolute Gasteiger partial charge is 0.0486 e. The first-order chi connectivity index (χ1) is 8.60. The molecule has 0 spiro atoms. The van der Waals surface area contributed by atoms with Gasteiger partial charge in [-0.15, -0.1) is 0 Å². The first-order valence-electron chi connectivity index (χ1n) is 6.89. The molecule has 1 heterocycles. The molecule has 0 N–H and O–H groups in total. The zero-order valence-electron chi connectivity index (χ0n) is 12.2. The van der Waals surface area contributed by atoms with Crippen LogP contribution in [0.4, 0.5) is 5.69 Å². The molecule has 0 unspecified atom stereocenters. The number of anilines is 1. The van der Waals surface area contributed by atoms with E-state index in [0.29, 0.717) is 0 Å². The highest BCUT2D eigenvalue weighted by molar-refractivity contribution is 5.88. The van der Waals surface area contributed by atoms with Gasteiger partial charge in [0.05, 0.1) is 0 Å². The minimum atomic E-state index is 1.11. The molecule has 2 rings (SSSR count). The molecule has 0 atom stereocenters. The molecule has 0 amide bonds. The van der Waals surface area contributed by atoms with Crippen LogP contribution in [-0.4, -0.2) is 18.7 Å². The number of hydrogen-bond donors (Lipinski definition) is 0. The number of nitrogens with zero attached hydrogens (tertiary/aromatic N) is 2. The molecule has 2 nitrogen and oxygen atoms in total. The molecule has 0 saturated heterocycles. The predicted octanol–water partition coefficient (Wildman–Crippen LogP) is 3.99. The maximum atomic E-state index is 2.47. The van der Waals surface area contributed by atoms with Gasteiger partial charge in [-0.05, 0) is 43.5 Å². The van der Waals surface area contributed by atoms with Gasteiger partial charge in [-0.2, -0.15) is 0 Å². The summed E-state index contributed by atoms with van der Waals surface area (Å²) in [5.41, 5.74) is 5.61. The van der Waals surface area contributed by atoms with E-state index in [9.17, 15) is 0 Å². The third kappa shape index (κ3) is 2.00. The van der Waals surface area contributed by atoms with Crippen molar-refractivity contribution in [1.29, 1.82) is 0 Å². The Bertz CT molecular complexity index is 550. The summed E-state index contributed by atoms with van der Waals surface area (Å²) < 4.78 is 2.47. The lowest BCUT2D eigenvalue weighted by Crippen LogP contribution is -2.08. The number of hydrogen-bond acceptors (Lipinski definition) is 1. The van der Waals surface area contributed by atoms with Crippen LogP contribution in [-0.2, 0) is 13.0 Å². The van der Waals surface area contributed by atoms with Gasteiger partial charge in [0.2, 0.25) is 0 Å². The Hall–Kier alpha value is -1.44. The van der Waals surface area contributed by atoms with E-state index in [0.717, 1.165) is 13.0 Å². The van der Waals surface area contributed by atoms with Crippen molar-refractivity contribution in [2.75, 3.05) is 19.0 Å². The van der Waals surface area contributed by atoms with Gasteiger partial charge < -0.3 is 9.47 Å². The predicted molar refractivity (Wildman–Crippen MR) is 80.7 cm³/mol. The van der Waals surface area contributed by atoms with Crippen molar-refractivity contribution >= 4 is 16.6 Å². The molecule has 0 fully saturated rings. The van der Waals surface area contributed by atoms with Crippen molar-refractivity contribution in [3.63, 3.8) is 0 Å². The third-order valence-electron chi connectivity index (χ3n) is 3.75. The van der Waals surface area contributed by atoms with Crippen molar-refractivity contribution in [2.45, 2.75) is 40.2 Å². The van der Waals surface area contributed by atoms with Crippen LogP contribution in [0.1, 0.15) is 31.5 Å². The number of fused-ring (bicyclic) bond motifs is 1. The Labute approximate surface area is 110 Å². The first-order valence-corrected chi connectivity index (χ1v) is 6.89. The molecule has 2 aromatic rings. The second-order valence-electron chi connectivity index (χ2n) is 5.17. The maximum absolute atomic E-state index is 2.47. The summed E-state index contributed by atoms with van der Waals surface area (Å²) in [6, 6.07) is 6.81. The molecule has 1 aromatic carbocycles. The van der Waals surface area contributed by atoms with E-state index in [1.54, 1.807) is 0 Å². The minimum absolute atomic E-state index is 1.11. The van der Waals surface area contributed by atoms with Crippen molar-refractivity contribution in [3.05, 3.63) is 29.5 Å². The van der Waals surface area contributed by atoms with Gasteiger partial charge in [0, 0.05) is 42.9 Å². The average molecular weight is 244 g/mol. The zero-order chi connectivity index (χ0) is 13.3. The molecule has 0 aliphatic rings. The molecule has 2 heteroatoms. The second kappa shape index (κ2) is 5.05. The summed E-state index contributed by atoms with van der Waals surface area (Å²) in [6.45, 7) is 7.86. The van der Waals surface area contributed by atoms with Crippen LogP contribution < -0.4 is 4.90 Å². The van der Waals surface area contributed by atoms with Crippen molar-refractivity contribution in [2.24, 2.45) is 0 Å². The van der Waals surface area contributed by atoms with Gasteiger partial charge >= 0.3 is 0 Å². The summed E-state index contributed by atoms with van der Waals surface area (Å²) in [6.07, 6.45) is 2.29. The lowest BCUT2D eigenvalue weighted by Gasteiger charge is -2.13. The summed E-state index contributed by atoms with van der Waals surface area (Å²) in [5, 5.41) is 1.43. The molecule has 0 saturated carbocycles. The number of aryl methyl sites for hydroxylation is 2. The monoisotopic (exact) mass is 244 g/mol. The quantitative estimate of drug-likeness (QED) is 0.789. The molecule has 1 aromatic heterocycles. The minimum Gasteiger partial charge on any atom is -0.378 e. The standard InChI is InChI=1S/C16H24N2/c1-6-10-18-12(3)14(7-2)15-11-13(17(4)5)8-9-16(15)18/h8-9,11H,6-7,10H2,1-5H3. The lowest BCUT2D eigenvalue weighted by atomic mass is 10.1. The Kier molecular flexibility index (Phi) is 3.65. The number of rotatable bonds is 4. The van der Waals surface area contributed by atoms with Gasteiger partial charge in [0.1, 0.15) is 0 Å². The fourth-order valence-corrected chi connectivity index (χ4v) is 2.78. The van der Waals surface area contributed by atoms with E-state index in [1.165, 1.54) is 34.3 Å². The average Bonchev–Trinajstić information content (AvgIpc) is 2.62. The van der Waals surface area contributed by atoms with E-state index < -0.39 is 0 Å². The van der Waals surface area contributed by atoms with Crippen LogP contribution in [0.25, 0.3) is 10.9 Å². The normalized spacial score (nSPS) is 11.2. The molecule has 0 aliphatic carbocycles. The van der Waals surface area contributed by atoms with Crippen LogP contribution >= 0.6 is 0 Å². The molecule has 98 valence electrons. The van der Waals surface area contributed by atoms with Crippen LogP contribution in [0.3, 0.4) is 0 Å². The molecular formula is C16H24N2. The van der Waals surface area contributed by atoms with Crippen molar-refractivity contribution in [1.82, 2.24) is 4.57 Å². The Balaban J connectivity index is 2.70. The molecule has 0 aliphatic heterocycles. The second-order valence-corrected chi connectivity index (χ2v) is 5.17. The van der Waals surface area contributed by atoms with Crippen molar-refractivity contribution in [3.8, 4) is 0 Å². The highest BCUT2D eigenvalue weighted by atomic mass is 15.1. The zero-order valence-corrected chi connectivity index (χ0v) is 12.2. The largest absolute Gasteiger partial charge is 0.378 e. The van der Waals surface area contributed by atoms with Crippen molar-refractivity contribution < 1.29 is 0 Å². The highest BCUT2D eigenvalue weighted by Gasteiger charge is 2.12. The van der Waals surface area contributed by atoms with E-state index >= 15 is 0 Å². The van der Waals surface area contributed by atoms with Gasteiger partial charge in [0.15, 0.2) is 0 Å². The highest BCUT2D eigenvalue weighted by Crippen LogP contribution is 2.29. The fraction of sp³-hybridized carbons (Fsp3) is 0.500. The lowest BCUT2D eigenvalue weighted by molar-refractivity contribution is 0.682. The number of benzene rings is 1. The van der Waals surface area contributed by atoms with Crippen LogP contribution in [0.2, 0.25) is 0 Å². The van der Waals surface area contributed by atoms with Gasteiger partial charge in [0.25, 0.3) is 0 Å². The van der Waals surface area contributed by atoms with E-state index in [4.69, 9.17) is 0 Å². The molecule has 18 heavy (non-hydrogen) atoms. The molecular weight excluding hydrogens is 220 g/mol. The van der Waals surface area contributed by atoms with E-state index in [1.807, 2.05) is 0 Å². The Morgan fingerprint density at radius 3 is 2.44 bits per heavy atom. The van der Waals surface area contributed by atoms with Gasteiger partial charge in [-0.25, -0.2) is 0 Å². The van der Waals surface area contributed by atoms with E-state index in [2.05, 4.69) is 62.5 Å².